The van der Waals surface area contributed by atoms with Crippen molar-refractivity contribution in [2.75, 3.05) is 54.4 Å². The Morgan fingerprint density at radius 3 is 2.43 bits per heavy atom. The number of aromatic amines is 1. The van der Waals surface area contributed by atoms with Crippen LogP contribution < -0.4 is 31.1 Å². The third kappa shape index (κ3) is 9.10. The summed E-state index contributed by atoms with van der Waals surface area (Å²) in [7, 11) is 0. The van der Waals surface area contributed by atoms with Gasteiger partial charge in [0, 0.05) is 96.4 Å². The Labute approximate surface area is 345 Å². The van der Waals surface area contributed by atoms with E-state index in [1.807, 2.05) is 51.1 Å². The van der Waals surface area contributed by atoms with Gasteiger partial charge in [0.25, 0.3) is 0 Å². The number of carbonyl (C=O) groups is 3. The van der Waals surface area contributed by atoms with Crippen molar-refractivity contribution in [2.24, 2.45) is 5.92 Å². The first kappa shape index (κ1) is 40.0. The van der Waals surface area contributed by atoms with Crippen molar-refractivity contribution in [3.05, 3.63) is 96.3 Å². The number of nitrogens with one attached hydrogen (secondary N) is 5. The summed E-state index contributed by atoms with van der Waals surface area (Å²) < 4.78 is 20.4. The number of rotatable bonds is 13. The number of benzene rings is 2. The summed E-state index contributed by atoms with van der Waals surface area (Å²) in [4.78, 5) is 61.2. The van der Waals surface area contributed by atoms with Crippen molar-refractivity contribution >= 4 is 46.1 Å². The number of fused-ring (bicyclic) bond motifs is 1. The number of aromatic nitrogens is 6. The first-order valence-electron chi connectivity index (χ1n) is 20.1. The normalized spacial score (nSPS) is 15.1. The Morgan fingerprint density at radius 2 is 1.72 bits per heavy atom. The molecule has 0 aliphatic carbocycles. The van der Waals surface area contributed by atoms with E-state index in [9.17, 15) is 14.4 Å². The molecule has 0 spiro atoms. The van der Waals surface area contributed by atoms with E-state index in [-0.39, 0.29) is 29.8 Å². The molecule has 0 unspecified atom stereocenters. The highest BCUT2D eigenvalue weighted by molar-refractivity contribution is 6.05. The first-order valence-corrected chi connectivity index (χ1v) is 20.1. The molecule has 8 rings (SSSR count). The zero-order chi connectivity index (χ0) is 41.8. The Kier molecular flexibility index (Phi) is 11.5. The molecule has 4 aromatic heterocycles. The van der Waals surface area contributed by atoms with E-state index in [2.05, 4.69) is 68.4 Å². The van der Waals surface area contributed by atoms with Gasteiger partial charge in [-0.1, -0.05) is 38.1 Å². The highest BCUT2D eigenvalue weighted by Gasteiger charge is 2.26. The smallest absolute Gasteiger partial charge is 0.328 e. The predicted molar refractivity (Wildman–Crippen MR) is 225 cm³/mol. The maximum Gasteiger partial charge on any atom is 0.328 e. The van der Waals surface area contributed by atoms with Crippen molar-refractivity contribution in [3.8, 4) is 22.5 Å². The lowest BCUT2D eigenvalue weighted by Gasteiger charge is -2.34. The molecule has 5 N–H and O–H groups in total. The number of piperidine rings is 1. The molecular formula is C43H47FN12O4. The van der Waals surface area contributed by atoms with Gasteiger partial charge in [-0.2, -0.15) is 4.98 Å². The second kappa shape index (κ2) is 17.2. The number of hydrogen-bond acceptors (Lipinski definition) is 12. The van der Waals surface area contributed by atoms with Crippen molar-refractivity contribution in [3.63, 3.8) is 0 Å². The second-order valence-corrected chi connectivity index (χ2v) is 16.1. The molecule has 6 heterocycles. The van der Waals surface area contributed by atoms with Crippen LogP contribution in [0.1, 0.15) is 62.1 Å². The number of carbonyl (C=O) groups excluding carboxylic acids is 3. The summed E-state index contributed by atoms with van der Waals surface area (Å²) in [5, 5.41) is 16.6. The molecule has 2 aliphatic rings. The third-order valence-electron chi connectivity index (χ3n) is 10.8. The van der Waals surface area contributed by atoms with E-state index >= 15 is 4.39 Å². The van der Waals surface area contributed by atoms with Gasteiger partial charge in [-0.25, -0.2) is 24.1 Å². The van der Waals surface area contributed by atoms with Crippen LogP contribution in [-0.2, 0) is 16.8 Å². The minimum atomic E-state index is -0.580. The molecule has 2 aromatic carbocycles. The van der Waals surface area contributed by atoms with Crippen molar-refractivity contribution < 1.29 is 23.3 Å². The fourth-order valence-electron chi connectivity index (χ4n) is 7.33. The number of halogens is 1. The van der Waals surface area contributed by atoms with Gasteiger partial charge < -0.3 is 30.4 Å². The molecule has 4 amide bonds. The number of nitrogens with zero attached hydrogens (tertiary/aromatic N) is 7. The quantitative estimate of drug-likeness (QED) is 0.0880. The summed E-state index contributed by atoms with van der Waals surface area (Å²) in [5.74, 6) is 0.294. The Bertz CT molecular complexity index is 2490. The summed E-state index contributed by atoms with van der Waals surface area (Å²) in [6, 6.07) is 18.3. The number of urea groups is 1. The lowest BCUT2D eigenvalue weighted by molar-refractivity contribution is -0.120. The molecule has 2 saturated heterocycles. The molecule has 2 fully saturated rings. The largest absolute Gasteiger partial charge is 0.372 e. The van der Waals surface area contributed by atoms with Crippen LogP contribution in [0.5, 0.6) is 0 Å². The minimum Gasteiger partial charge on any atom is -0.372 e. The first-order chi connectivity index (χ1) is 29.0. The topological polar surface area (TPSA) is 199 Å². The summed E-state index contributed by atoms with van der Waals surface area (Å²) in [6.45, 7) is 10.5. The lowest BCUT2D eigenvalue weighted by Crippen LogP contribution is -2.49. The molecule has 310 valence electrons. The maximum atomic E-state index is 15.3. The van der Waals surface area contributed by atoms with Crippen molar-refractivity contribution in [2.45, 2.75) is 52.0 Å². The van der Waals surface area contributed by atoms with Crippen molar-refractivity contribution in [1.29, 1.82) is 0 Å². The molecule has 16 nitrogen and oxygen atoms in total. The monoisotopic (exact) mass is 814 g/mol. The Morgan fingerprint density at radius 1 is 0.933 bits per heavy atom. The maximum absolute atomic E-state index is 15.3. The van der Waals surface area contributed by atoms with Gasteiger partial charge in [0.1, 0.15) is 23.6 Å². The molecule has 60 heavy (non-hydrogen) atoms. The zero-order valence-electron chi connectivity index (χ0n) is 33.7. The molecule has 17 heteroatoms. The SMILES string of the molecule is CC(C)(C)c1noc(C(=O)NCc2ccc(-c3ncnc4[nH]c(-c5ccc(NCCNCC6CCN(c7ccc(N8CCC(=O)NC8=O)cc7)CC6)nc5)cc34)cc2F)n1. The number of H-pyrrole nitrogens is 1. The van der Waals surface area contributed by atoms with Crippen LogP contribution in [0.3, 0.4) is 0 Å². The fourth-order valence-corrected chi connectivity index (χ4v) is 7.33. The molecule has 6 aromatic rings. The van der Waals surface area contributed by atoms with Crippen LogP contribution in [-0.4, -0.2) is 87.2 Å². The standard InChI is InChI=1S/C43H47FN12O4/c1-43(2,3)41-53-40(60-54-41)39(58)48-23-28-5-4-27(20-33(28)44)37-32-21-34(51-38(32)50-25-49-37)29-6-11-35(47-24-29)46-16-15-45-22-26-12-17-55(18-13-26)30-7-9-31(10-8-30)56-19-14-36(57)52-42(56)59/h4-11,20-21,24-26,45H,12-19,22-23H2,1-3H3,(H,46,47)(H,48,58)(H,49,50,51)(H,52,57,59). The number of imide groups is 1. The average molecular weight is 815 g/mol. The van der Waals surface area contributed by atoms with Gasteiger partial charge in [0.15, 0.2) is 5.82 Å². The summed E-state index contributed by atoms with van der Waals surface area (Å²) >= 11 is 0. The van der Waals surface area contributed by atoms with E-state index in [1.165, 1.54) is 12.4 Å². The highest BCUT2D eigenvalue weighted by Crippen LogP contribution is 2.31. The lowest BCUT2D eigenvalue weighted by atomic mass is 9.96. The Hall–Kier alpha value is -6.75. The number of anilines is 3. The third-order valence-corrected chi connectivity index (χ3v) is 10.8. The van der Waals surface area contributed by atoms with Crippen LogP contribution in [0.2, 0.25) is 0 Å². The van der Waals surface area contributed by atoms with E-state index < -0.39 is 11.7 Å². The van der Waals surface area contributed by atoms with Gasteiger partial charge in [-0.05, 0) is 73.8 Å². The van der Waals surface area contributed by atoms with Gasteiger partial charge in [0.05, 0.1) is 5.69 Å². The van der Waals surface area contributed by atoms with Gasteiger partial charge in [0.2, 0.25) is 5.91 Å². The van der Waals surface area contributed by atoms with Crippen LogP contribution in [0.15, 0.2) is 77.7 Å². The van der Waals surface area contributed by atoms with Gasteiger partial charge >= 0.3 is 17.8 Å². The highest BCUT2D eigenvalue weighted by atomic mass is 19.1. The van der Waals surface area contributed by atoms with E-state index in [1.54, 1.807) is 23.2 Å². The van der Waals surface area contributed by atoms with E-state index in [0.717, 1.165) is 79.4 Å². The molecule has 0 atom stereocenters. The molecule has 2 aliphatic heterocycles. The van der Waals surface area contributed by atoms with Gasteiger partial charge in [-0.3, -0.25) is 19.8 Å². The van der Waals surface area contributed by atoms with E-state index in [4.69, 9.17) is 4.52 Å². The minimum absolute atomic E-state index is 0.0606. The van der Waals surface area contributed by atoms with Crippen molar-refractivity contribution in [1.82, 2.24) is 46.0 Å². The zero-order valence-corrected chi connectivity index (χ0v) is 33.7. The van der Waals surface area contributed by atoms with Crippen LogP contribution >= 0.6 is 0 Å². The fraction of sp³-hybridized carbons (Fsp3) is 0.349. The van der Waals surface area contributed by atoms with Crippen LogP contribution in [0.4, 0.5) is 26.4 Å². The second-order valence-electron chi connectivity index (χ2n) is 16.1. The molecular weight excluding hydrogens is 768 g/mol. The number of pyridine rings is 1. The summed E-state index contributed by atoms with van der Waals surface area (Å²) in [5.41, 5.74) is 5.27. The Balaban J connectivity index is 0.785. The average Bonchev–Trinajstić information content (AvgIpc) is 3.93. The van der Waals surface area contributed by atoms with Crippen LogP contribution in [0.25, 0.3) is 33.5 Å². The van der Waals surface area contributed by atoms with Crippen LogP contribution in [0, 0.1) is 11.7 Å². The number of hydrogen-bond donors (Lipinski definition) is 5. The summed E-state index contributed by atoms with van der Waals surface area (Å²) in [6.07, 6.45) is 5.73. The molecule has 0 saturated carbocycles. The predicted octanol–water partition coefficient (Wildman–Crippen LogP) is 5.80. The molecule has 0 bridgehead atoms. The van der Waals surface area contributed by atoms with Gasteiger partial charge in [-0.15, -0.1) is 0 Å². The molecule has 0 radical (unpaired) electrons. The van der Waals surface area contributed by atoms with E-state index in [0.29, 0.717) is 47.2 Å². The number of amides is 4.